The Balaban J connectivity index is 0.000000126. The molecule has 1 heterocycles. The summed E-state index contributed by atoms with van der Waals surface area (Å²) >= 11 is 0. The molecule has 280 valence electrons. The third-order valence-electron chi connectivity index (χ3n) is 12.3. The summed E-state index contributed by atoms with van der Waals surface area (Å²) in [6.45, 7) is 7.73. The van der Waals surface area contributed by atoms with Gasteiger partial charge in [0, 0.05) is 0 Å². The number of hydrogen-bond acceptors (Lipinski definition) is 2. The van der Waals surface area contributed by atoms with Gasteiger partial charge in [-0.3, -0.25) is 0 Å². The molecule has 3 heteroatoms. The van der Waals surface area contributed by atoms with E-state index in [1.54, 1.807) is 0 Å². The Morgan fingerprint density at radius 1 is 0.421 bits per heavy atom. The summed E-state index contributed by atoms with van der Waals surface area (Å²) in [5, 5.41) is 0. The van der Waals surface area contributed by atoms with Gasteiger partial charge in [0.25, 0.3) is 0 Å². The van der Waals surface area contributed by atoms with Crippen molar-refractivity contribution in [3.63, 3.8) is 0 Å². The highest BCUT2D eigenvalue weighted by Gasteiger charge is 2.44. The second-order valence-corrected chi connectivity index (χ2v) is 16.6. The summed E-state index contributed by atoms with van der Waals surface area (Å²) in [6, 6.07) is 47.9. The van der Waals surface area contributed by atoms with E-state index in [4.69, 9.17) is 13.4 Å². The second kappa shape index (κ2) is 15.3. The third-order valence-corrected chi connectivity index (χ3v) is 12.3. The van der Waals surface area contributed by atoms with Crippen molar-refractivity contribution < 1.29 is 12.1 Å². The molecule has 1 saturated heterocycles. The van der Waals surface area contributed by atoms with Gasteiger partial charge in [-0.2, -0.15) is 0 Å². The average molecular weight is 744 g/mol. The SMILES string of the molecule is [2H]B1OC(C)(C)C(C)(C)O1.[2H]c1cc(C2=Cc3ccccc3C2)cc(C2=Cc3ccccc3C2)c1.[2H]c1cc(C2=Cc3ccccc3C2)cc(C2=Cc3ccccc3C2)c1. The van der Waals surface area contributed by atoms with Crippen molar-refractivity contribution in [1.29, 1.82) is 1.34 Å². The van der Waals surface area contributed by atoms with Crippen LogP contribution in [0.1, 0.15) is 97.2 Å². The van der Waals surface area contributed by atoms with Gasteiger partial charge in [-0.05, 0) is 155 Å². The van der Waals surface area contributed by atoms with Gasteiger partial charge < -0.3 is 9.31 Å². The molecule has 0 bridgehead atoms. The van der Waals surface area contributed by atoms with E-state index in [9.17, 15) is 0 Å². The lowest BCUT2D eigenvalue weighted by atomic mass is 9.90. The molecular weight excluding hydrogens is 691 g/mol. The molecule has 0 amide bonds. The first-order valence-electron chi connectivity index (χ1n) is 21.6. The second-order valence-electron chi connectivity index (χ2n) is 16.6. The normalized spacial score (nSPS) is 18.1. The highest BCUT2D eigenvalue weighted by atomic mass is 16.7. The molecule has 6 aromatic carbocycles. The Labute approximate surface area is 343 Å². The van der Waals surface area contributed by atoms with Gasteiger partial charge in [0.15, 0.2) is 0 Å². The molecule has 0 N–H and O–H groups in total. The van der Waals surface area contributed by atoms with Crippen LogP contribution in [0.15, 0.2) is 146 Å². The number of hydrogen-bond donors (Lipinski definition) is 0. The van der Waals surface area contributed by atoms with E-state index in [-0.39, 0.29) is 11.2 Å². The van der Waals surface area contributed by atoms with E-state index in [1.165, 1.54) is 89.1 Å². The number of benzene rings is 6. The summed E-state index contributed by atoms with van der Waals surface area (Å²) < 4.78 is 34.2. The van der Waals surface area contributed by atoms with Crippen molar-refractivity contribution in [1.82, 2.24) is 0 Å². The highest BCUT2D eigenvalue weighted by molar-refractivity contribution is 6.19. The Kier molecular flexibility index (Phi) is 8.97. The molecule has 6 aromatic rings. The predicted molar refractivity (Wildman–Crippen MR) is 242 cm³/mol. The first kappa shape index (κ1) is 33.4. The molecule has 5 aliphatic rings. The zero-order valence-electron chi connectivity index (χ0n) is 36.2. The Morgan fingerprint density at radius 3 is 0.912 bits per heavy atom. The van der Waals surface area contributed by atoms with Gasteiger partial charge in [-0.25, -0.2) is 0 Å². The Hall–Kier alpha value is -5.74. The smallest absolute Gasteiger partial charge is 0.406 e. The fourth-order valence-electron chi connectivity index (χ4n) is 8.10. The molecule has 11 rings (SSSR count). The lowest BCUT2D eigenvalue weighted by Gasteiger charge is -2.32. The summed E-state index contributed by atoms with van der Waals surface area (Å²) in [7, 11) is -0.815. The number of allylic oxidation sites excluding steroid dienone is 4. The summed E-state index contributed by atoms with van der Waals surface area (Å²) in [5.41, 5.74) is 20.0. The van der Waals surface area contributed by atoms with Crippen molar-refractivity contribution in [3.8, 4) is 0 Å². The maximum atomic E-state index is 8.27. The van der Waals surface area contributed by atoms with Crippen molar-refractivity contribution in [2.45, 2.75) is 64.6 Å². The molecular formula is C54H49BO2. The molecule has 57 heavy (non-hydrogen) atoms. The van der Waals surface area contributed by atoms with Crippen LogP contribution in [0.3, 0.4) is 0 Å². The molecule has 1 fully saturated rings. The first-order chi connectivity index (χ1) is 28.9. The lowest BCUT2D eigenvalue weighted by molar-refractivity contribution is 0.00578. The lowest BCUT2D eigenvalue weighted by Crippen LogP contribution is -2.41. The first-order valence-corrected chi connectivity index (χ1v) is 20.0. The van der Waals surface area contributed by atoms with E-state index in [1.807, 2.05) is 52.0 Å². The minimum absolute atomic E-state index is 0.348. The summed E-state index contributed by atoms with van der Waals surface area (Å²) in [5.74, 6) is 0. The predicted octanol–water partition coefficient (Wildman–Crippen LogP) is 12.6. The molecule has 2 nitrogen and oxygen atoms in total. The third kappa shape index (κ3) is 7.71. The van der Waals surface area contributed by atoms with E-state index in [2.05, 4.69) is 133 Å². The van der Waals surface area contributed by atoms with Gasteiger partial charge in [0.1, 0.15) is 0 Å². The highest BCUT2D eigenvalue weighted by Crippen LogP contribution is 2.38. The maximum Gasteiger partial charge on any atom is 0.439 e. The molecule has 4 aliphatic carbocycles. The molecule has 0 unspecified atom stereocenters. The van der Waals surface area contributed by atoms with E-state index in [0.29, 0.717) is 12.1 Å². The average Bonchev–Trinajstić information content (AvgIpc) is 4.06. The minimum Gasteiger partial charge on any atom is -0.406 e. The molecule has 0 atom stereocenters. The van der Waals surface area contributed by atoms with E-state index < -0.39 is 7.65 Å². The van der Waals surface area contributed by atoms with Gasteiger partial charge in [0.2, 0.25) is 0 Å². The van der Waals surface area contributed by atoms with Crippen LogP contribution in [0.4, 0.5) is 0 Å². The largest absolute Gasteiger partial charge is 0.439 e. The quantitative estimate of drug-likeness (QED) is 0.167. The van der Waals surface area contributed by atoms with E-state index >= 15 is 0 Å². The van der Waals surface area contributed by atoms with Crippen molar-refractivity contribution >= 4 is 54.2 Å². The van der Waals surface area contributed by atoms with Crippen LogP contribution in [-0.4, -0.2) is 20.2 Å². The zero-order chi connectivity index (χ0) is 41.6. The van der Waals surface area contributed by atoms with Crippen LogP contribution in [0, 0.1) is 0 Å². The van der Waals surface area contributed by atoms with Crippen LogP contribution >= 0.6 is 0 Å². The van der Waals surface area contributed by atoms with Crippen LogP contribution < -0.4 is 0 Å². The zero-order valence-corrected chi connectivity index (χ0v) is 33.2. The Morgan fingerprint density at radius 2 is 0.684 bits per heavy atom. The fourth-order valence-corrected chi connectivity index (χ4v) is 8.10. The topological polar surface area (TPSA) is 18.5 Å². The van der Waals surface area contributed by atoms with Crippen molar-refractivity contribution in [2.75, 3.05) is 0 Å². The van der Waals surface area contributed by atoms with Crippen LogP contribution in [0.2, 0.25) is 0 Å². The van der Waals surface area contributed by atoms with Crippen molar-refractivity contribution in [2.24, 2.45) is 0 Å². The van der Waals surface area contributed by atoms with Gasteiger partial charge in [-0.1, -0.05) is 158 Å². The molecule has 0 saturated carbocycles. The fraction of sp³-hybridized carbons (Fsp3) is 0.185. The van der Waals surface area contributed by atoms with Crippen LogP contribution in [-0.2, 0) is 35.0 Å². The molecule has 0 aromatic heterocycles. The molecule has 0 radical (unpaired) electrons. The van der Waals surface area contributed by atoms with Gasteiger partial charge in [-0.15, -0.1) is 0 Å². The monoisotopic (exact) mass is 743 g/mol. The molecule has 0 spiro atoms. The van der Waals surface area contributed by atoms with Gasteiger partial charge in [0.05, 0.1) is 15.3 Å². The van der Waals surface area contributed by atoms with Crippen LogP contribution in [0.5, 0.6) is 0 Å². The molecule has 1 aliphatic heterocycles. The minimum atomic E-state index is -0.815. The van der Waals surface area contributed by atoms with Gasteiger partial charge >= 0.3 is 7.65 Å². The standard InChI is InChI=1S/2C24H18.C6H13BO2/c2*1-2-7-18-14-23(13-17(18)6-1)21-10-5-11-22(12-21)24-15-19-8-3-4-9-20(19)16-24;1-5(2)6(3,4)9-7-8-5/h2*1-13,15H,14,16H2;7H,1-4H3/i2*5D;7D. The van der Waals surface area contributed by atoms with E-state index in [0.717, 1.165) is 25.7 Å². The van der Waals surface area contributed by atoms with Crippen molar-refractivity contribution in [3.05, 3.63) is 212 Å². The Bertz CT molecular complexity index is 2420. The van der Waals surface area contributed by atoms with Crippen LogP contribution in [0.25, 0.3) is 46.6 Å². The number of fused-ring (bicyclic) bond motifs is 4. The summed E-state index contributed by atoms with van der Waals surface area (Å²) in [6.07, 6.45) is 12.9. The maximum absolute atomic E-state index is 8.27. The summed E-state index contributed by atoms with van der Waals surface area (Å²) in [4.78, 5) is 0. The number of rotatable bonds is 4.